The lowest BCUT2D eigenvalue weighted by Crippen LogP contribution is -2.33. The van der Waals surface area contributed by atoms with Gasteiger partial charge < -0.3 is 10.4 Å². The Morgan fingerprint density at radius 2 is 2.50 bits per heavy atom. The third kappa shape index (κ3) is 2.17. The van der Waals surface area contributed by atoms with E-state index in [1.807, 2.05) is 0 Å². The van der Waals surface area contributed by atoms with Crippen LogP contribution in [0.1, 0.15) is 19.8 Å². The van der Waals surface area contributed by atoms with Crippen LogP contribution >= 0.6 is 0 Å². The van der Waals surface area contributed by atoms with Crippen LogP contribution < -0.4 is 5.32 Å². The van der Waals surface area contributed by atoms with E-state index in [1.54, 1.807) is 0 Å². The van der Waals surface area contributed by atoms with Gasteiger partial charge in [-0.05, 0) is 19.9 Å². The minimum atomic E-state index is -1.56. The van der Waals surface area contributed by atoms with E-state index in [-0.39, 0.29) is 12.3 Å². The lowest BCUT2D eigenvalue weighted by molar-refractivity contribution is -0.140. The first-order valence-corrected chi connectivity index (χ1v) is 4.14. The van der Waals surface area contributed by atoms with Gasteiger partial charge in [-0.3, -0.25) is 4.79 Å². The van der Waals surface area contributed by atoms with Gasteiger partial charge in [-0.1, -0.05) is 0 Å². The van der Waals surface area contributed by atoms with Gasteiger partial charge in [0.05, 0.1) is 6.42 Å². The van der Waals surface area contributed by atoms with Gasteiger partial charge in [0.1, 0.15) is 5.67 Å². The van der Waals surface area contributed by atoms with Crippen molar-refractivity contribution in [3.63, 3.8) is 0 Å². The summed E-state index contributed by atoms with van der Waals surface area (Å²) >= 11 is 0. The van der Waals surface area contributed by atoms with Gasteiger partial charge in [0.15, 0.2) is 0 Å². The Balaban J connectivity index is 2.50. The maximum absolute atomic E-state index is 13.6. The number of rotatable bonds is 3. The molecule has 1 saturated heterocycles. The predicted molar refractivity (Wildman–Crippen MR) is 42.7 cm³/mol. The first-order valence-electron chi connectivity index (χ1n) is 4.14. The Morgan fingerprint density at radius 1 is 1.83 bits per heavy atom. The first-order chi connectivity index (χ1) is 5.52. The summed E-state index contributed by atoms with van der Waals surface area (Å²) in [6, 6.07) is 0. The van der Waals surface area contributed by atoms with E-state index in [0.717, 1.165) is 13.0 Å². The van der Waals surface area contributed by atoms with Crippen LogP contribution in [0.15, 0.2) is 0 Å². The summed E-state index contributed by atoms with van der Waals surface area (Å²) in [5, 5.41) is 11.5. The largest absolute Gasteiger partial charge is 0.481 e. The van der Waals surface area contributed by atoms with Crippen LogP contribution in [0.3, 0.4) is 0 Å². The summed E-state index contributed by atoms with van der Waals surface area (Å²) < 4.78 is 13.6. The summed E-state index contributed by atoms with van der Waals surface area (Å²) in [7, 11) is 0. The van der Waals surface area contributed by atoms with E-state index in [4.69, 9.17) is 5.11 Å². The Labute approximate surface area is 71.0 Å². The molecule has 0 aromatic rings. The third-order valence-corrected chi connectivity index (χ3v) is 2.41. The zero-order valence-electron chi connectivity index (χ0n) is 7.14. The van der Waals surface area contributed by atoms with Crippen LogP contribution in [0.2, 0.25) is 0 Å². The molecule has 2 N–H and O–H groups in total. The molecule has 1 fully saturated rings. The number of hydrogen-bond donors (Lipinski definition) is 2. The van der Waals surface area contributed by atoms with E-state index in [1.165, 1.54) is 6.92 Å². The number of hydrogen-bond acceptors (Lipinski definition) is 2. The Morgan fingerprint density at radius 3 is 2.92 bits per heavy atom. The molecule has 0 amide bonds. The van der Waals surface area contributed by atoms with Crippen molar-refractivity contribution in [2.75, 3.05) is 13.1 Å². The number of halogens is 1. The molecule has 2 unspecified atom stereocenters. The van der Waals surface area contributed by atoms with E-state index in [0.29, 0.717) is 6.54 Å². The molecule has 0 aromatic carbocycles. The van der Waals surface area contributed by atoms with Crippen LogP contribution in [-0.2, 0) is 4.79 Å². The molecule has 1 aliphatic rings. The molecule has 1 rings (SSSR count). The molecule has 1 heterocycles. The molecular weight excluding hydrogens is 161 g/mol. The second kappa shape index (κ2) is 3.39. The molecular formula is C8H14FNO2. The lowest BCUT2D eigenvalue weighted by Gasteiger charge is -2.24. The SMILES string of the molecule is CC(F)(CC(=O)O)C1CCNC1. The molecule has 0 bridgehead atoms. The average molecular weight is 175 g/mol. The van der Waals surface area contributed by atoms with E-state index in [2.05, 4.69) is 5.32 Å². The molecule has 4 heteroatoms. The first kappa shape index (κ1) is 9.45. The second-order valence-electron chi connectivity index (χ2n) is 3.54. The molecule has 2 atom stereocenters. The molecule has 0 aromatic heterocycles. The predicted octanol–water partition coefficient (Wildman–Crippen LogP) is 0.799. The maximum Gasteiger partial charge on any atom is 0.306 e. The van der Waals surface area contributed by atoms with Gasteiger partial charge in [0.2, 0.25) is 0 Å². The summed E-state index contributed by atoms with van der Waals surface area (Å²) in [5.41, 5.74) is -1.56. The van der Waals surface area contributed by atoms with Crippen molar-refractivity contribution < 1.29 is 14.3 Å². The molecule has 0 aliphatic carbocycles. The van der Waals surface area contributed by atoms with Gasteiger partial charge in [0.25, 0.3) is 0 Å². The van der Waals surface area contributed by atoms with Crippen LogP contribution in [0.25, 0.3) is 0 Å². The van der Waals surface area contributed by atoms with Crippen molar-refractivity contribution in [3.05, 3.63) is 0 Å². The monoisotopic (exact) mass is 175 g/mol. The quantitative estimate of drug-likeness (QED) is 0.667. The number of alkyl halides is 1. The van der Waals surface area contributed by atoms with Crippen LogP contribution in [-0.4, -0.2) is 29.8 Å². The minimum absolute atomic E-state index is 0.145. The Kier molecular flexibility index (Phi) is 2.67. The molecule has 70 valence electrons. The van der Waals surface area contributed by atoms with Crippen molar-refractivity contribution >= 4 is 5.97 Å². The minimum Gasteiger partial charge on any atom is -0.481 e. The summed E-state index contributed by atoms with van der Waals surface area (Å²) in [6.07, 6.45) is 0.347. The zero-order valence-corrected chi connectivity index (χ0v) is 7.14. The maximum atomic E-state index is 13.6. The smallest absolute Gasteiger partial charge is 0.306 e. The van der Waals surface area contributed by atoms with Crippen molar-refractivity contribution in [1.29, 1.82) is 0 Å². The highest BCUT2D eigenvalue weighted by Gasteiger charge is 2.37. The van der Waals surface area contributed by atoms with Crippen LogP contribution in [0, 0.1) is 5.92 Å². The molecule has 0 radical (unpaired) electrons. The van der Waals surface area contributed by atoms with Crippen molar-refractivity contribution in [2.24, 2.45) is 5.92 Å². The van der Waals surface area contributed by atoms with Crippen molar-refractivity contribution in [3.8, 4) is 0 Å². The summed E-state index contributed by atoms with van der Waals surface area (Å²) in [4.78, 5) is 10.3. The van der Waals surface area contributed by atoms with Crippen molar-refractivity contribution in [2.45, 2.75) is 25.4 Å². The highest BCUT2D eigenvalue weighted by Crippen LogP contribution is 2.30. The third-order valence-electron chi connectivity index (χ3n) is 2.41. The van der Waals surface area contributed by atoms with E-state index in [9.17, 15) is 9.18 Å². The fraction of sp³-hybridized carbons (Fsp3) is 0.875. The molecule has 3 nitrogen and oxygen atoms in total. The van der Waals surface area contributed by atoms with Gasteiger partial charge in [-0.15, -0.1) is 0 Å². The van der Waals surface area contributed by atoms with Crippen LogP contribution in [0.5, 0.6) is 0 Å². The highest BCUT2D eigenvalue weighted by molar-refractivity contribution is 5.68. The lowest BCUT2D eigenvalue weighted by atomic mass is 9.87. The van der Waals surface area contributed by atoms with Crippen molar-refractivity contribution in [1.82, 2.24) is 5.32 Å². The topological polar surface area (TPSA) is 49.3 Å². The fourth-order valence-electron chi connectivity index (χ4n) is 1.61. The molecule has 1 aliphatic heterocycles. The van der Waals surface area contributed by atoms with Crippen LogP contribution in [0.4, 0.5) is 4.39 Å². The van der Waals surface area contributed by atoms with Gasteiger partial charge >= 0.3 is 5.97 Å². The number of aliphatic carboxylic acids is 1. The van der Waals surface area contributed by atoms with Gasteiger partial charge in [-0.2, -0.15) is 0 Å². The summed E-state index contributed by atoms with van der Waals surface area (Å²) in [5.74, 6) is -1.21. The van der Waals surface area contributed by atoms with E-state index >= 15 is 0 Å². The number of nitrogens with one attached hydrogen (secondary N) is 1. The zero-order chi connectivity index (χ0) is 9.19. The molecule has 12 heavy (non-hydrogen) atoms. The van der Waals surface area contributed by atoms with Gasteiger partial charge in [0, 0.05) is 12.5 Å². The normalized spacial score (nSPS) is 28.3. The molecule has 0 saturated carbocycles. The van der Waals surface area contributed by atoms with E-state index < -0.39 is 11.6 Å². The average Bonchev–Trinajstić information content (AvgIpc) is 2.32. The number of carboxylic acid groups (broad SMARTS) is 1. The van der Waals surface area contributed by atoms with Gasteiger partial charge in [-0.25, -0.2) is 4.39 Å². The number of carboxylic acids is 1. The fourth-order valence-corrected chi connectivity index (χ4v) is 1.61. The summed E-state index contributed by atoms with van der Waals surface area (Å²) in [6.45, 7) is 2.77. The highest BCUT2D eigenvalue weighted by atomic mass is 19.1. The Bertz CT molecular complexity index is 176. The number of carbonyl (C=O) groups is 1. The Hall–Kier alpha value is -0.640. The molecule has 0 spiro atoms. The second-order valence-corrected chi connectivity index (χ2v) is 3.54. The standard InChI is InChI=1S/C8H14FNO2/c1-8(9,4-7(11)12)6-2-3-10-5-6/h6,10H,2-5H2,1H3,(H,11,12).